The summed E-state index contributed by atoms with van der Waals surface area (Å²) in [6.07, 6.45) is -9.18. The van der Waals surface area contributed by atoms with E-state index in [4.69, 9.17) is 4.52 Å². The first kappa shape index (κ1) is 18.4. The molecule has 0 aliphatic rings. The van der Waals surface area contributed by atoms with Crippen LogP contribution in [0.2, 0.25) is 0 Å². The molecule has 0 aliphatic carbocycles. The van der Waals surface area contributed by atoms with E-state index in [1.165, 1.54) is 0 Å². The van der Waals surface area contributed by atoms with Crippen LogP contribution in [0.1, 0.15) is 11.1 Å². The van der Waals surface area contributed by atoms with E-state index < -0.39 is 36.4 Å². The lowest BCUT2D eigenvalue weighted by Crippen LogP contribution is -2.12. The molecule has 0 amide bonds. The molecule has 130 valence electrons. The molecule has 1 unspecified atom stereocenters. The second kappa shape index (κ2) is 6.14. The smallest absolute Gasteiger partial charge is 0.416 e. The predicted molar refractivity (Wildman–Crippen MR) is 73.0 cm³/mol. The molecule has 1 N–H and O–H groups in total. The van der Waals surface area contributed by atoms with Gasteiger partial charge >= 0.3 is 19.9 Å². The van der Waals surface area contributed by atoms with Crippen molar-refractivity contribution >= 4 is 12.9 Å². The Kier molecular flexibility index (Phi) is 4.70. The summed E-state index contributed by atoms with van der Waals surface area (Å²) in [5.74, 6) is -0.325. The summed E-state index contributed by atoms with van der Waals surface area (Å²) in [6, 6.07) is 5.75. The number of benzene rings is 2. The Bertz CT molecular complexity index is 750. The van der Waals surface area contributed by atoms with E-state index in [9.17, 15) is 35.8 Å². The number of alkyl halides is 6. The van der Waals surface area contributed by atoms with Crippen LogP contribution in [0.3, 0.4) is 0 Å². The molecule has 0 heterocycles. The minimum Gasteiger partial charge on any atom is -0.421 e. The van der Waals surface area contributed by atoms with Crippen molar-refractivity contribution in [2.24, 2.45) is 0 Å². The van der Waals surface area contributed by atoms with Gasteiger partial charge in [-0.3, -0.25) is 0 Å². The molecule has 3 nitrogen and oxygen atoms in total. The van der Waals surface area contributed by atoms with Crippen LogP contribution in [0.25, 0.3) is 0 Å². The first-order chi connectivity index (χ1) is 10.9. The molecule has 0 radical (unpaired) electrons. The Morgan fingerprint density at radius 3 is 1.50 bits per heavy atom. The van der Waals surface area contributed by atoms with Gasteiger partial charge in [-0.25, -0.2) is 4.57 Å². The molecule has 0 spiro atoms. The summed E-state index contributed by atoms with van der Waals surface area (Å²) in [5, 5.41) is -0.421. The summed E-state index contributed by atoms with van der Waals surface area (Å²) in [4.78, 5) is 9.79. The lowest BCUT2D eigenvalue weighted by molar-refractivity contribution is -0.138. The van der Waals surface area contributed by atoms with Crippen molar-refractivity contribution in [1.29, 1.82) is 0 Å². The molecule has 10 heteroatoms. The molecule has 0 aromatic heterocycles. The van der Waals surface area contributed by atoms with E-state index in [1.807, 2.05) is 0 Å². The number of hydrogen-bond donors (Lipinski definition) is 1. The van der Waals surface area contributed by atoms with Gasteiger partial charge in [0, 0.05) is 0 Å². The van der Waals surface area contributed by atoms with Gasteiger partial charge in [0.05, 0.1) is 16.4 Å². The SMILES string of the molecule is O=P(O)(Oc1ccc(C(F)(F)F)cc1)c1ccc(C(F)(F)F)cc1. The molecule has 2 rings (SSSR count). The van der Waals surface area contributed by atoms with E-state index in [-0.39, 0.29) is 5.75 Å². The Morgan fingerprint density at radius 1 is 0.750 bits per heavy atom. The van der Waals surface area contributed by atoms with Crippen LogP contribution in [-0.4, -0.2) is 4.89 Å². The Morgan fingerprint density at radius 2 is 1.12 bits per heavy atom. The quantitative estimate of drug-likeness (QED) is 0.634. The van der Waals surface area contributed by atoms with Crippen LogP contribution >= 0.6 is 7.60 Å². The third-order valence-electron chi connectivity index (χ3n) is 2.93. The maximum Gasteiger partial charge on any atom is 0.416 e. The van der Waals surface area contributed by atoms with Gasteiger partial charge in [-0.05, 0) is 48.5 Å². The predicted octanol–water partition coefficient (Wildman–Crippen LogP) is 4.61. The first-order valence-corrected chi connectivity index (χ1v) is 7.85. The van der Waals surface area contributed by atoms with E-state index in [2.05, 4.69) is 0 Å². The largest absolute Gasteiger partial charge is 0.421 e. The van der Waals surface area contributed by atoms with Gasteiger partial charge in [0.25, 0.3) is 0 Å². The van der Waals surface area contributed by atoms with Gasteiger partial charge in [-0.1, -0.05) is 0 Å². The Balaban J connectivity index is 2.20. The number of halogens is 6. The average molecular weight is 370 g/mol. The van der Waals surface area contributed by atoms with E-state index in [0.29, 0.717) is 24.3 Å². The van der Waals surface area contributed by atoms with Crippen LogP contribution < -0.4 is 9.83 Å². The Hall–Kier alpha value is -1.99. The molecule has 0 saturated carbocycles. The maximum atomic E-state index is 12.4. The lowest BCUT2D eigenvalue weighted by Gasteiger charge is -2.15. The van der Waals surface area contributed by atoms with Crippen molar-refractivity contribution in [3.8, 4) is 5.75 Å². The van der Waals surface area contributed by atoms with Gasteiger partial charge in [0.15, 0.2) is 0 Å². The summed E-state index contributed by atoms with van der Waals surface area (Å²) in [5.41, 5.74) is -1.99. The van der Waals surface area contributed by atoms with Crippen molar-refractivity contribution in [2.45, 2.75) is 12.4 Å². The molecule has 0 saturated heterocycles. The minimum atomic E-state index is -4.60. The topological polar surface area (TPSA) is 46.5 Å². The highest BCUT2D eigenvalue weighted by Crippen LogP contribution is 2.42. The lowest BCUT2D eigenvalue weighted by atomic mass is 10.2. The summed E-state index contributed by atoms with van der Waals surface area (Å²) in [7, 11) is -4.54. The fourth-order valence-electron chi connectivity index (χ4n) is 1.74. The van der Waals surface area contributed by atoms with Gasteiger partial charge in [0.1, 0.15) is 5.75 Å². The average Bonchev–Trinajstić information content (AvgIpc) is 2.46. The molecule has 2 aromatic rings. The fourth-order valence-corrected chi connectivity index (χ4v) is 2.78. The minimum absolute atomic E-state index is 0.325. The standard InChI is InChI=1S/C14H9F6O3P/c15-13(16,17)9-1-5-11(6-2-9)23-24(21,22)12-7-3-10(4-8-12)14(18,19)20/h1-8H,(H,21,22). The van der Waals surface area contributed by atoms with Crippen LogP contribution in [0.5, 0.6) is 5.75 Å². The molecule has 2 aromatic carbocycles. The monoisotopic (exact) mass is 370 g/mol. The van der Waals surface area contributed by atoms with Crippen molar-refractivity contribution < 1.29 is 40.3 Å². The van der Waals surface area contributed by atoms with E-state index >= 15 is 0 Å². The molecule has 1 atom stereocenters. The number of rotatable bonds is 3. The normalized spacial score (nSPS) is 15.0. The highest BCUT2D eigenvalue weighted by atomic mass is 31.2. The number of hydrogen-bond acceptors (Lipinski definition) is 2. The Labute approximate surface area is 132 Å². The maximum absolute atomic E-state index is 12.4. The summed E-state index contributed by atoms with van der Waals surface area (Å²) >= 11 is 0. The van der Waals surface area contributed by atoms with Crippen molar-refractivity contribution in [1.82, 2.24) is 0 Å². The highest BCUT2D eigenvalue weighted by molar-refractivity contribution is 7.61. The molecule has 24 heavy (non-hydrogen) atoms. The zero-order valence-electron chi connectivity index (χ0n) is 11.6. The third-order valence-corrected chi connectivity index (χ3v) is 4.34. The van der Waals surface area contributed by atoms with E-state index in [1.54, 1.807) is 0 Å². The first-order valence-electron chi connectivity index (χ1n) is 6.27. The van der Waals surface area contributed by atoms with Gasteiger partial charge < -0.3 is 9.42 Å². The zero-order valence-corrected chi connectivity index (χ0v) is 12.5. The second-order valence-electron chi connectivity index (χ2n) is 4.68. The van der Waals surface area contributed by atoms with Gasteiger partial charge in [0.2, 0.25) is 0 Å². The molecule has 0 bridgehead atoms. The van der Waals surface area contributed by atoms with Crippen LogP contribution in [0, 0.1) is 0 Å². The second-order valence-corrected chi connectivity index (χ2v) is 6.42. The summed E-state index contributed by atoms with van der Waals surface area (Å²) in [6.45, 7) is 0. The van der Waals surface area contributed by atoms with Crippen molar-refractivity contribution in [3.63, 3.8) is 0 Å². The van der Waals surface area contributed by atoms with Crippen molar-refractivity contribution in [3.05, 3.63) is 59.7 Å². The molecule has 0 fully saturated rings. The molecular formula is C14H9F6O3P. The fraction of sp³-hybridized carbons (Fsp3) is 0.143. The van der Waals surface area contributed by atoms with E-state index in [0.717, 1.165) is 24.3 Å². The van der Waals surface area contributed by atoms with Crippen molar-refractivity contribution in [2.75, 3.05) is 0 Å². The molecular weight excluding hydrogens is 361 g/mol. The van der Waals surface area contributed by atoms with Gasteiger partial charge in [-0.15, -0.1) is 0 Å². The highest BCUT2D eigenvalue weighted by Gasteiger charge is 2.33. The van der Waals surface area contributed by atoms with Crippen LogP contribution in [-0.2, 0) is 16.9 Å². The van der Waals surface area contributed by atoms with Gasteiger partial charge in [-0.2, -0.15) is 26.3 Å². The zero-order chi connectivity index (χ0) is 18.2. The van der Waals surface area contributed by atoms with Crippen LogP contribution in [0.15, 0.2) is 48.5 Å². The molecule has 0 aliphatic heterocycles. The van der Waals surface area contributed by atoms with Crippen LogP contribution in [0.4, 0.5) is 26.3 Å². The third kappa shape index (κ3) is 4.30. The summed E-state index contributed by atoms with van der Waals surface area (Å²) < 4.78 is 91.4.